The fourth-order valence-electron chi connectivity index (χ4n) is 4.73. The molecule has 4 heterocycles. The summed E-state index contributed by atoms with van der Waals surface area (Å²) >= 11 is 0. The first kappa shape index (κ1) is 20.7. The van der Waals surface area contributed by atoms with Crippen LogP contribution in [0.5, 0.6) is 0 Å². The molecule has 2 saturated heterocycles. The van der Waals surface area contributed by atoms with Crippen molar-refractivity contribution in [3.8, 4) is 11.3 Å². The molecule has 1 unspecified atom stereocenters. The number of amides is 1. The first-order valence-electron chi connectivity index (χ1n) is 11.0. The van der Waals surface area contributed by atoms with Crippen LogP contribution in [0.3, 0.4) is 0 Å². The second-order valence-electron chi connectivity index (χ2n) is 8.72. The van der Waals surface area contributed by atoms with Gasteiger partial charge in [0.2, 0.25) is 5.91 Å². The van der Waals surface area contributed by atoms with Crippen LogP contribution >= 0.6 is 0 Å². The number of carbonyl (C=O) groups excluding carboxylic acids is 1. The third kappa shape index (κ3) is 5.14. The summed E-state index contributed by atoms with van der Waals surface area (Å²) in [4.78, 5) is 37.3. The second-order valence-corrected chi connectivity index (χ2v) is 8.72. The quantitative estimate of drug-likeness (QED) is 0.758. The van der Waals surface area contributed by atoms with E-state index in [0.29, 0.717) is 17.5 Å². The highest BCUT2D eigenvalue weighted by Gasteiger charge is 2.26. The predicted molar refractivity (Wildman–Crippen MR) is 116 cm³/mol. The van der Waals surface area contributed by atoms with E-state index in [1.807, 2.05) is 17.0 Å². The third-order valence-corrected chi connectivity index (χ3v) is 6.48. The van der Waals surface area contributed by atoms with Crippen LogP contribution in [0.4, 0.5) is 0 Å². The fourth-order valence-corrected chi connectivity index (χ4v) is 4.73. The largest absolute Gasteiger partial charge is 0.343 e. The smallest absolute Gasteiger partial charge is 0.253 e. The minimum atomic E-state index is -0.00203. The molecule has 0 N–H and O–H groups in total. The molecule has 0 radical (unpaired) electrons. The Hall–Kier alpha value is -2.54. The summed E-state index contributed by atoms with van der Waals surface area (Å²) < 4.78 is 1.74. The highest BCUT2D eigenvalue weighted by atomic mass is 16.2. The number of nitrogens with zero attached hydrogens (tertiary/aromatic N) is 5. The van der Waals surface area contributed by atoms with Gasteiger partial charge in [-0.3, -0.25) is 19.1 Å². The van der Waals surface area contributed by atoms with E-state index < -0.39 is 0 Å². The lowest BCUT2D eigenvalue weighted by Gasteiger charge is -2.38. The van der Waals surface area contributed by atoms with Crippen molar-refractivity contribution in [2.24, 2.45) is 11.8 Å². The van der Waals surface area contributed by atoms with Crippen LogP contribution in [0, 0.1) is 11.8 Å². The van der Waals surface area contributed by atoms with Crippen molar-refractivity contribution in [3.05, 3.63) is 47.3 Å². The van der Waals surface area contributed by atoms with Gasteiger partial charge in [-0.05, 0) is 62.7 Å². The van der Waals surface area contributed by atoms with Crippen molar-refractivity contribution < 1.29 is 4.79 Å². The summed E-state index contributed by atoms with van der Waals surface area (Å²) in [7, 11) is 0. The van der Waals surface area contributed by atoms with E-state index in [1.54, 1.807) is 36.3 Å². The molecule has 0 spiro atoms. The standard InChI is InChI=1S/C23H31N5O2/c1-18(29)27-9-3-4-20(16-27)14-26-10-6-19(7-11-26)15-28-17-25-22(12-23(28)30)21-5-2-8-24-13-21/h2,5,8,12-13,17,19-20H,3-4,6-7,9-11,14-16H2,1H3. The average Bonchev–Trinajstić information content (AvgIpc) is 2.77. The number of aromatic nitrogens is 3. The van der Waals surface area contributed by atoms with E-state index in [-0.39, 0.29) is 11.5 Å². The van der Waals surface area contributed by atoms with Crippen molar-refractivity contribution in [3.63, 3.8) is 0 Å². The Bertz CT molecular complexity index is 905. The topological polar surface area (TPSA) is 71.3 Å². The number of hydrogen-bond donors (Lipinski definition) is 0. The molecule has 30 heavy (non-hydrogen) atoms. The van der Waals surface area contributed by atoms with Gasteiger partial charge in [-0.15, -0.1) is 0 Å². The van der Waals surface area contributed by atoms with Gasteiger partial charge in [-0.1, -0.05) is 0 Å². The van der Waals surface area contributed by atoms with Crippen LogP contribution in [0.25, 0.3) is 11.3 Å². The molecule has 160 valence electrons. The zero-order valence-electron chi connectivity index (χ0n) is 17.7. The van der Waals surface area contributed by atoms with Crippen LogP contribution in [0.15, 0.2) is 41.7 Å². The van der Waals surface area contributed by atoms with Crippen LogP contribution in [0.2, 0.25) is 0 Å². The molecule has 2 aromatic heterocycles. The first-order valence-corrected chi connectivity index (χ1v) is 11.0. The zero-order valence-corrected chi connectivity index (χ0v) is 17.7. The number of carbonyl (C=O) groups is 1. The maximum absolute atomic E-state index is 12.6. The third-order valence-electron chi connectivity index (χ3n) is 6.48. The number of hydrogen-bond acceptors (Lipinski definition) is 5. The molecule has 1 amide bonds. The van der Waals surface area contributed by atoms with E-state index in [2.05, 4.69) is 14.9 Å². The summed E-state index contributed by atoms with van der Waals surface area (Å²) in [6.07, 6.45) is 9.64. The normalized spacial score (nSPS) is 21.0. The van der Waals surface area contributed by atoms with Crippen molar-refractivity contribution >= 4 is 5.91 Å². The molecule has 7 nitrogen and oxygen atoms in total. The number of pyridine rings is 1. The van der Waals surface area contributed by atoms with E-state index in [1.165, 1.54) is 6.42 Å². The van der Waals surface area contributed by atoms with E-state index in [0.717, 1.165) is 64.1 Å². The SMILES string of the molecule is CC(=O)N1CCCC(CN2CCC(Cn3cnc(-c4cccnc4)cc3=O)CC2)C1. The van der Waals surface area contributed by atoms with Gasteiger partial charge in [0, 0.05) is 57.1 Å². The van der Waals surface area contributed by atoms with Crippen LogP contribution in [-0.4, -0.2) is 63.0 Å². The average molecular weight is 410 g/mol. The number of rotatable bonds is 5. The van der Waals surface area contributed by atoms with Gasteiger partial charge >= 0.3 is 0 Å². The Morgan fingerprint density at radius 2 is 1.97 bits per heavy atom. The first-order chi connectivity index (χ1) is 14.6. The monoisotopic (exact) mass is 409 g/mol. The Balaban J connectivity index is 1.28. The van der Waals surface area contributed by atoms with Crippen LogP contribution < -0.4 is 5.56 Å². The van der Waals surface area contributed by atoms with Gasteiger partial charge in [-0.25, -0.2) is 4.98 Å². The molecule has 2 aliphatic heterocycles. The summed E-state index contributed by atoms with van der Waals surface area (Å²) in [5, 5.41) is 0. The van der Waals surface area contributed by atoms with Gasteiger partial charge in [0.05, 0.1) is 12.0 Å². The maximum atomic E-state index is 12.6. The molecular weight excluding hydrogens is 378 g/mol. The molecule has 0 aromatic carbocycles. The Kier molecular flexibility index (Phi) is 6.57. The summed E-state index contributed by atoms with van der Waals surface area (Å²) in [6.45, 7) is 7.44. The lowest BCUT2D eigenvalue weighted by molar-refractivity contribution is -0.130. The van der Waals surface area contributed by atoms with Gasteiger partial charge in [0.1, 0.15) is 0 Å². The lowest BCUT2D eigenvalue weighted by Crippen LogP contribution is -2.45. The molecule has 0 saturated carbocycles. The van der Waals surface area contributed by atoms with Crippen LogP contribution in [0.1, 0.15) is 32.6 Å². The van der Waals surface area contributed by atoms with Gasteiger partial charge in [0.25, 0.3) is 5.56 Å². The molecule has 2 aliphatic rings. The van der Waals surface area contributed by atoms with Crippen LogP contribution in [-0.2, 0) is 11.3 Å². The Morgan fingerprint density at radius 3 is 2.67 bits per heavy atom. The van der Waals surface area contributed by atoms with Crippen molar-refractivity contribution in [1.29, 1.82) is 0 Å². The molecule has 2 aromatic rings. The Labute approximate surface area is 177 Å². The fraction of sp³-hybridized carbons (Fsp3) is 0.565. The van der Waals surface area contributed by atoms with Crippen molar-refractivity contribution in [2.45, 2.75) is 39.2 Å². The van der Waals surface area contributed by atoms with E-state index >= 15 is 0 Å². The van der Waals surface area contributed by atoms with E-state index in [4.69, 9.17) is 0 Å². The molecular formula is C23H31N5O2. The lowest BCUT2D eigenvalue weighted by atomic mass is 9.93. The molecule has 1 atom stereocenters. The molecule has 4 rings (SSSR count). The van der Waals surface area contributed by atoms with E-state index in [9.17, 15) is 9.59 Å². The van der Waals surface area contributed by atoms with Gasteiger partial charge in [-0.2, -0.15) is 0 Å². The Morgan fingerprint density at radius 1 is 1.13 bits per heavy atom. The molecule has 0 bridgehead atoms. The second kappa shape index (κ2) is 9.51. The summed E-state index contributed by atoms with van der Waals surface area (Å²) in [5.74, 6) is 1.29. The maximum Gasteiger partial charge on any atom is 0.253 e. The van der Waals surface area contributed by atoms with Gasteiger partial charge in [0.15, 0.2) is 0 Å². The summed E-state index contributed by atoms with van der Waals surface area (Å²) in [6, 6.07) is 5.37. The van der Waals surface area contributed by atoms with Crippen molar-refractivity contribution in [2.75, 3.05) is 32.7 Å². The minimum Gasteiger partial charge on any atom is -0.343 e. The zero-order chi connectivity index (χ0) is 20.9. The number of likely N-dealkylation sites (tertiary alicyclic amines) is 2. The van der Waals surface area contributed by atoms with Gasteiger partial charge < -0.3 is 9.80 Å². The highest BCUT2D eigenvalue weighted by Crippen LogP contribution is 2.23. The molecule has 2 fully saturated rings. The molecule has 0 aliphatic carbocycles. The van der Waals surface area contributed by atoms with Crippen molar-refractivity contribution in [1.82, 2.24) is 24.3 Å². The predicted octanol–water partition coefficient (Wildman–Crippen LogP) is 2.28. The minimum absolute atomic E-state index is 0.00203. The number of piperidine rings is 2. The molecule has 7 heteroatoms. The summed E-state index contributed by atoms with van der Waals surface area (Å²) in [5.41, 5.74) is 1.53. The highest BCUT2D eigenvalue weighted by molar-refractivity contribution is 5.73.